The zero-order chi connectivity index (χ0) is 12.3. The minimum absolute atomic E-state index is 0.136. The Hall–Kier alpha value is -1.02. The van der Waals surface area contributed by atoms with Crippen molar-refractivity contribution in [1.82, 2.24) is 0 Å². The lowest BCUT2D eigenvalue weighted by atomic mass is 10.00. The van der Waals surface area contributed by atoms with Gasteiger partial charge in [0.2, 0.25) is 0 Å². The van der Waals surface area contributed by atoms with E-state index in [2.05, 4.69) is 0 Å². The van der Waals surface area contributed by atoms with Crippen molar-refractivity contribution in [3.63, 3.8) is 0 Å². The first kappa shape index (κ1) is 12.4. The van der Waals surface area contributed by atoms with E-state index in [-0.39, 0.29) is 6.04 Å². The van der Waals surface area contributed by atoms with Gasteiger partial charge in [0, 0.05) is 16.1 Å². The number of halogens is 2. The van der Waals surface area contributed by atoms with Crippen LogP contribution in [0.3, 0.4) is 0 Å². The first-order valence-electron chi connectivity index (χ1n) is 5.42. The van der Waals surface area contributed by atoms with Gasteiger partial charge in [-0.1, -0.05) is 59.6 Å². The highest BCUT2D eigenvalue weighted by Gasteiger charge is 2.11. The van der Waals surface area contributed by atoms with Crippen LogP contribution in [0.2, 0.25) is 10.0 Å². The number of nitrogens with two attached hydrogens (primary N) is 1. The summed E-state index contributed by atoms with van der Waals surface area (Å²) in [5, 5.41) is 1.45. The Kier molecular flexibility index (Phi) is 4.06. The third kappa shape index (κ3) is 3.01. The largest absolute Gasteiger partial charge is 0.324 e. The zero-order valence-corrected chi connectivity index (χ0v) is 10.7. The Bertz CT molecular complexity index is 511. The van der Waals surface area contributed by atoms with E-state index in [0.717, 1.165) is 16.1 Å². The van der Waals surface area contributed by atoms with Crippen molar-refractivity contribution >= 4 is 23.2 Å². The maximum atomic E-state index is 6.15. The van der Waals surface area contributed by atoms with E-state index >= 15 is 0 Å². The number of benzene rings is 2. The summed E-state index contributed by atoms with van der Waals surface area (Å²) in [6.07, 6.45) is 0.684. The molecule has 0 spiro atoms. The molecule has 0 heterocycles. The normalized spacial score (nSPS) is 12.4. The van der Waals surface area contributed by atoms with Gasteiger partial charge in [0.05, 0.1) is 0 Å². The molecule has 88 valence electrons. The molecule has 2 aromatic carbocycles. The van der Waals surface area contributed by atoms with Gasteiger partial charge in [-0.3, -0.25) is 0 Å². The van der Waals surface area contributed by atoms with Crippen LogP contribution in [0.4, 0.5) is 0 Å². The lowest BCUT2D eigenvalue weighted by Crippen LogP contribution is -2.14. The Morgan fingerprint density at radius 1 is 0.882 bits per heavy atom. The SMILES string of the molecule is NC(Cc1ccccc1Cl)c1ccccc1Cl. The summed E-state index contributed by atoms with van der Waals surface area (Å²) in [6.45, 7) is 0. The fourth-order valence-electron chi connectivity index (χ4n) is 1.79. The molecule has 2 aromatic rings. The zero-order valence-electron chi connectivity index (χ0n) is 9.24. The van der Waals surface area contributed by atoms with Crippen LogP contribution in [0.1, 0.15) is 17.2 Å². The molecule has 0 amide bonds. The van der Waals surface area contributed by atoms with E-state index in [1.54, 1.807) is 0 Å². The van der Waals surface area contributed by atoms with E-state index in [4.69, 9.17) is 28.9 Å². The van der Waals surface area contributed by atoms with Crippen molar-refractivity contribution in [2.24, 2.45) is 5.73 Å². The first-order valence-corrected chi connectivity index (χ1v) is 6.17. The highest BCUT2D eigenvalue weighted by Crippen LogP contribution is 2.26. The highest BCUT2D eigenvalue weighted by molar-refractivity contribution is 6.31. The van der Waals surface area contributed by atoms with Crippen LogP contribution in [0.5, 0.6) is 0 Å². The van der Waals surface area contributed by atoms with E-state index in [9.17, 15) is 0 Å². The van der Waals surface area contributed by atoms with Gasteiger partial charge in [-0.25, -0.2) is 0 Å². The second-order valence-corrected chi connectivity index (χ2v) is 4.74. The van der Waals surface area contributed by atoms with Crippen molar-refractivity contribution in [1.29, 1.82) is 0 Å². The van der Waals surface area contributed by atoms with Crippen LogP contribution >= 0.6 is 23.2 Å². The predicted molar refractivity (Wildman–Crippen MR) is 73.5 cm³/mol. The molecule has 0 bridgehead atoms. The average molecular weight is 266 g/mol. The van der Waals surface area contributed by atoms with E-state index in [0.29, 0.717) is 11.4 Å². The second-order valence-electron chi connectivity index (χ2n) is 3.92. The minimum atomic E-state index is -0.136. The van der Waals surface area contributed by atoms with Gasteiger partial charge < -0.3 is 5.73 Å². The van der Waals surface area contributed by atoms with Crippen LogP contribution in [-0.2, 0) is 6.42 Å². The maximum Gasteiger partial charge on any atom is 0.0453 e. The molecule has 1 unspecified atom stereocenters. The summed E-state index contributed by atoms with van der Waals surface area (Å²) < 4.78 is 0. The molecule has 17 heavy (non-hydrogen) atoms. The van der Waals surface area contributed by atoms with Gasteiger partial charge >= 0.3 is 0 Å². The molecule has 0 fully saturated rings. The Labute approximate surface area is 111 Å². The third-order valence-corrected chi connectivity index (χ3v) is 3.42. The fraction of sp³-hybridized carbons (Fsp3) is 0.143. The molecule has 0 aromatic heterocycles. The van der Waals surface area contributed by atoms with Crippen molar-refractivity contribution < 1.29 is 0 Å². The second kappa shape index (κ2) is 5.54. The summed E-state index contributed by atoms with van der Waals surface area (Å²) in [5.41, 5.74) is 8.15. The molecular formula is C14H13Cl2N. The monoisotopic (exact) mass is 265 g/mol. The van der Waals surface area contributed by atoms with Crippen LogP contribution in [-0.4, -0.2) is 0 Å². The molecule has 1 nitrogen and oxygen atoms in total. The van der Waals surface area contributed by atoms with E-state index in [1.165, 1.54) is 0 Å². The third-order valence-electron chi connectivity index (χ3n) is 2.70. The molecular weight excluding hydrogens is 253 g/mol. The summed E-state index contributed by atoms with van der Waals surface area (Å²) in [5.74, 6) is 0. The molecule has 3 heteroatoms. The van der Waals surface area contributed by atoms with Crippen LogP contribution in [0.25, 0.3) is 0 Å². The van der Waals surface area contributed by atoms with Crippen molar-refractivity contribution in [2.75, 3.05) is 0 Å². The van der Waals surface area contributed by atoms with E-state index < -0.39 is 0 Å². The number of hydrogen-bond donors (Lipinski definition) is 1. The molecule has 2 N–H and O–H groups in total. The molecule has 2 rings (SSSR count). The van der Waals surface area contributed by atoms with Crippen molar-refractivity contribution in [3.05, 3.63) is 69.7 Å². The average Bonchev–Trinajstić information content (AvgIpc) is 2.32. The summed E-state index contributed by atoms with van der Waals surface area (Å²) >= 11 is 12.2. The Morgan fingerprint density at radius 2 is 1.47 bits per heavy atom. The molecule has 0 saturated heterocycles. The predicted octanol–water partition coefficient (Wildman–Crippen LogP) is 4.24. The van der Waals surface area contributed by atoms with Crippen molar-refractivity contribution in [2.45, 2.75) is 12.5 Å². The lowest BCUT2D eigenvalue weighted by Gasteiger charge is -2.14. The fourth-order valence-corrected chi connectivity index (χ4v) is 2.28. The minimum Gasteiger partial charge on any atom is -0.324 e. The van der Waals surface area contributed by atoms with Gasteiger partial charge in [-0.05, 0) is 29.7 Å². The summed E-state index contributed by atoms with van der Waals surface area (Å²) in [6, 6.07) is 15.2. The smallest absolute Gasteiger partial charge is 0.0453 e. The first-order chi connectivity index (χ1) is 8.18. The van der Waals surface area contributed by atoms with Gasteiger partial charge in [-0.15, -0.1) is 0 Å². The molecule has 0 radical (unpaired) electrons. The molecule has 0 aliphatic rings. The molecule has 0 aliphatic heterocycles. The van der Waals surface area contributed by atoms with Gasteiger partial charge in [0.25, 0.3) is 0 Å². The Morgan fingerprint density at radius 3 is 2.12 bits per heavy atom. The quantitative estimate of drug-likeness (QED) is 0.883. The number of hydrogen-bond acceptors (Lipinski definition) is 1. The van der Waals surface area contributed by atoms with Crippen LogP contribution in [0, 0.1) is 0 Å². The summed E-state index contributed by atoms with van der Waals surface area (Å²) in [7, 11) is 0. The van der Waals surface area contributed by atoms with E-state index in [1.807, 2.05) is 48.5 Å². The van der Waals surface area contributed by atoms with Gasteiger partial charge in [0.1, 0.15) is 0 Å². The van der Waals surface area contributed by atoms with Crippen LogP contribution < -0.4 is 5.73 Å². The van der Waals surface area contributed by atoms with Gasteiger partial charge in [-0.2, -0.15) is 0 Å². The Balaban J connectivity index is 2.20. The molecule has 1 atom stereocenters. The topological polar surface area (TPSA) is 26.0 Å². The van der Waals surface area contributed by atoms with Crippen molar-refractivity contribution in [3.8, 4) is 0 Å². The lowest BCUT2D eigenvalue weighted by molar-refractivity contribution is 0.722. The molecule has 0 aliphatic carbocycles. The summed E-state index contributed by atoms with van der Waals surface area (Å²) in [4.78, 5) is 0. The van der Waals surface area contributed by atoms with Gasteiger partial charge in [0.15, 0.2) is 0 Å². The highest BCUT2D eigenvalue weighted by atomic mass is 35.5. The van der Waals surface area contributed by atoms with Crippen LogP contribution in [0.15, 0.2) is 48.5 Å². The standard InChI is InChI=1S/C14H13Cl2N/c15-12-7-3-1-5-10(12)9-14(17)11-6-2-4-8-13(11)16/h1-8,14H,9,17H2. The molecule has 0 saturated carbocycles. The maximum absolute atomic E-state index is 6.15. The number of rotatable bonds is 3.